The van der Waals surface area contributed by atoms with Crippen molar-refractivity contribution < 1.29 is 14.7 Å². The second-order valence-electron chi connectivity index (χ2n) is 4.27. The molecule has 0 spiro atoms. The number of hydrogen-bond acceptors (Lipinski definition) is 4. The van der Waals surface area contributed by atoms with E-state index in [4.69, 9.17) is 5.11 Å². The van der Waals surface area contributed by atoms with E-state index >= 15 is 0 Å². The number of rotatable bonds is 4. The lowest BCUT2D eigenvalue weighted by Gasteiger charge is -2.09. The molecule has 0 aliphatic carbocycles. The lowest BCUT2D eigenvalue weighted by molar-refractivity contribution is -0.131. The maximum atomic E-state index is 12.2. The van der Waals surface area contributed by atoms with Gasteiger partial charge in [0.25, 0.3) is 5.91 Å². The summed E-state index contributed by atoms with van der Waals surface area (Å²) in [5.41, 5.74) is 2.33. The first kappa shape index (κ1) is 14.4. The summed E-state index contributed by atoms with van der Waals surface area (Å²) in [6.45, 7) is 1.76. The van der Waals surface area contributed by atoms with Crippen LogP contribution in [0.15, 0.2) is 43.0 Å². The van der Waals surface area contributed by atoms with Crippen molar-refractivity contribution in [2.45, 2.75) is 6.92 Å². The molecular formula is C15H13N3O3. The number of aromatic nitrogens is 2. The second-order valence-corrected chi connectivity index (χ2v) is 4.27. The number of carbonyl (C=O) groups excluding carboxylic acids is 1. The Bertz CT molecular complexity index is 697. The summed E-state index contributed by atoms with van der Waals surface area (Å²) in [6, 6.07) is 5.12. The number of amides is 1. The van der Waals surface area contributed by atoms with Gasteiger partial charge in [-0.05, 0) is 30.2 Å². The quantitative estimate of drug-likeness (QED) is 0.839. The molecule has 2 rings (SSSR count). The molecule has 21 heavy (non-hydrogen) atoms. The van der Waals surface area contributed by atoms with Crippen molar-refractivity contribution in [3.63, 3.8) is 0 Å². The molecule has 0 bridgehead atoms. The van der Waals surface area contributed by atoms with E-state index in [0.29, 0.717) is 22.4 Å². The highest BCUT2D eigenvalue weighted by Gasteiger charge is 2.11. The highest BCUT2D eigenvalue weighted by Crippen LogP contribution is 2.17. The van der Waals surface area contributed by atoms with E-state index < -0.39 is 5.97 Å². The van der Waals surface area contributed by atoms with E-state index in [1.165, 1.54) is 24.8 Å². The van der Waals surface area contributed by atoms with Gasteiger partial charge in [0.15, 0.2) is 0 Å². The molecule has 0 unspecified atom stereocenters. The topological polar surface area (TPSA) is 92.2 Å². The average molecular weight is 283 g/mol. The summed E-state index contributed by atoms with van der Waals surface area (Å²) in [7, 11) is 0. The fourth-order valence-electron chi connectivity index (χ4n) is 1.80. The van der Waals surface area contributed by atoms with E-state index in [9.17, 15) is 9.59 Å². The molecule has 0 fully saturated rings. The Labute approximate surface area is 121 Å². The van der Waals surface area contributed by atoms with Gasteiger partial charge in [0.05, 0.1) is 18.1 Å². The monoisotopic (exact) mass is 283 g/mol. The van der Waals surface area contributed by atoms with E-state index in [2.05, 4.69) is 15.3 Å². The number of aliphatic carboxylic acids is 1. The van der Waals surface area contributed by atoms with Crippen molar-refractivity contribution in [3.05, 3.63) is 59.7 Å². The van der Waals surface area contributed by atoms with Gasteiger partial charge in [0.2, 0.25) is 0 Å². The van der Waals surface area contributed by atoms with Gasteiger partial charge < -0.3 is 10.4 Å². The molecule has 6 heteroatoms. The van der Waals surface area contributed by atoms with Crippen LogP contribution in [0.5, 0.6) is 0 Å². The van der Waals surface area contributed by atoms with E-state index in [1.807, 2.05) is 0 Å². The fourth-order valence-corrected chi connectivity index (χ4v) is 1.80. The number of carbonyl (C=O) groups is 2. The summed E-state index contributed by atoms with van der Waals surface area (Å²) in [4.78, 5) is 30.4. The van der Waals surface area contributed by atoms with Crippen LogP contribution in [0.1, 0.15) is 21.5 Å². The molecule has 6 nitrogen and oxygen atoms in total. The summed E-state index contributed by atoms with van der Waals surface area (Å²) < 4.78 is 0. The molecule has 106 valence electrons. The van der Waals surface area contributed by atoms with Crippen molar-refractivity contribution in [2.75, 3.05) is 5.32 Å². The van der Waals surface area contributed by atoms with E-state index in [1.54, 1.807) is 25.1 Å². The molecule has 0 saturated heterocycles. The van der Waals surface area contributed by atoms with Crippen molar-refractivity contribution in [1.82, 2.24) is 9.97 Å². The Morgan fingerprint density at radius 2 is 1.95 bits per heavy atom. The first-order chi connectivity index (χ1) is 10.1. The van der Waals surface area contributed by atoms with Crippen molar-refractivity contribution in [1.29, 1.82) is 0 Å². The highest BCUT2D eigenvalue weighted by atomic mass is 16.4. The van der Waals surface area contributed by atoms with Crippen LogP contribution in [0.2, 0.25) is 0 Å². The zero-order valence-corrected chi connectivity index (χ0v) is 11.3. The van der Waals surface area contributed by atoms with Gasteiger partial charge in [0.1, 0.15) is 6.33 Å². The predicted molar refractivity (Wildman–Crippen MR) is 77.8 cm³/mol. The van der Waals surface area contributed by atoms with E-state index in [-0.39, 0.29) is 5.91 Å². The van der Waals surface area contributed by atoms with Gasteiger partial charge in [-0.2, -0.15) is 0 Å². The molecule has 1 heterocycles. The number of anilines is 1. The Kier molecular flexibility index (Phi) is 4.40. The third-order valence-corrected chi connectivity index (χ3v) is 2.84. The average Bonchev–Trinajstić information content (AvgIpc) is 2.47. The molecule has 1 amide bonds. The SMILES string of the molecule is Cc1c(/C=C/C(=O)O)cccc1C(=O)Nc1cncnc1. The van der Waals surface area contributed by atoms with Crippen LogP contribution < -0.4 is 5.32 Å². The predicted octanol–water partition coefficient (Wildman–Crippen LogP) is 2.14. The summed E-state index contributed by atoms with van der Waals surface area (Å²) in [5, 5.41) is 11.3. The molecule has 0 saturated carbocycles. The maximum absolute atomic E-state index is 12.2. The number of nitrogens with one attached hydrogen (secondary N) is 1. The molecule has 1 aromatic carbocycles. The minimum atomic E-state index is -1.04. The van der Waals surface area contributed by atoms with Crippen LogP contribution in [0.4, 0.5) is 5.69 Å². The Balaban J connectivity index is 2.26. The van der Waals surface area contributed by atoms with E-state index in [0.717, 1.165) is 6.08 Å². The zero-order chi connectivity index (χ0) is 15.2. The Morgan fingerprint density at radius 1 is 1.24 bits per heavy atom. The number of carboxylic acids is 1. The Morgan fingerprint density at radius 3 is 2.62 bits per heavy atom. The number of carboxylic acid groups (broad SMARTS) is 1. The molecule has 0 aliphatic rings. The van der Waals surface area contributed by atoms with Gasteiger partial charge in [-0.15, -0.1) is 0 Å². The fraction of sp³-hybridized carbons (Fsp3) is 0.0667. The molecule has 0 atom stereocenters. The molecule has 2 N–H and O–H groups in total. The Hall–Kier alpha value is -3.02. The molecular weight excluding hydrogens is 270 g/mol. The van der Waals surface area contributed by atoms with Crippen molar-refractivity contribution in [3.8, 4) is 0 Å². The smallest absolute Gasteiger partial charge is 0.328 e. The minimum Gasteiger partial charge on any atom is -0.478 e. The second kappa shape index (κ2) is 6.42. The molecule has 0 aliphatic heterocycles. The van der Waals surface area contributed by atoms with Crippen LogP contribution in [-0.4, -0.2) is 27.0 Å². The van der Waals surface area contributed by atoms with Gasteiger partial charge in [-0.25, -0.2) is 14.8 Å². The summed E-state index contributed by atoms with van der Waals surface area (Å²) >= 11 is 0. The number of nitrogens with zero attached hydrogens (tertiary/aromatic N) is 2. The number of benzene rings is 1. The lowest BCUT2D eigenvalue weighted by atomic mass is 10.0. The summed E-state index contributed by atoms with van der Waals surface area (Å²) in [6.07, 6.45) is 6.86. The zero-order valence-electron chi connectivity index (χ0n) is 11.3. The third-order valence-electron chi connectivity index (χ3n) is 2.84. The standard InChI is InChI=1S/C15H13N3O3/c1-10-11(5-6-14(19)20)3-2-4-13(10)15(21)18-12-7-16-9-17-8-12/h2-9H,1H3,(H,18,21)(H,19,20)/b6-5+. The summed E-state index contributed by atoms with van der Waals surface area (Å²) in [5.74, 6) is -1.33. The minimum absolute atomic E-state index is 0.298. The number of hydrogen-bond donors (Lipinski definition) is 2. The van der Waals surface area contributed by atoms with Crippen LogP contribution in [0.3, 0.4) is 0 Å². The van der Waals surface area contributed by atoms with Crippen LogP contribution in [-0.2, 0) is 4.79 Å². The van der Waals surface area contributed by atoms with Crippen molar-refractivity contribution in [2.24, 2.45) is 0 Å². The van der Waals surface area contributed by atoms with Crippen LogP contribution in [0.25, 0.3) is 6.08 Å². The maximum Gasteiger partial charge on any atom is 0.328 e. The van der Waals surface area contributed by atoms with Gasteiger partial charge in [-0.3, -0.25) is 4.79 Å². The normalized spacial score (nSPS) is 10.5. The first-order valence-corrected chi connectivity index (χ1v) is 6.15. The molecule has 0 radical (unpaired) electrons. The lowest BCUT2D eigenvalue weighted by Crippen LogP contribution is -2.14. The van der Waals surface area contributed by atoms with Gasteiger partial charge >= 0.3 is 5.97 Å². The first-order valence-electron chi connectivity index (χ1n) is 6.15. The highest BCUT2D eigenvalue weighted by molar-refractivity contribution is 6.05. The third kappa shape index (κ3) is 3.73. The molecule has 2 aromatic rings. The van der Waals surface area contributed by atoms with Crippen LogP contribution >= 0.6 is 0 Å². The van der Waals surface area contributed by atoms with Gasteiger partial charge in [0, 0.05) is 11.6 Å². The van der Waals surface area contributed by atoms with Crippen molar-refractivity contribution >= 4 is 23.6 Å². The van der Waals surface area contributed by atoms with Crippen LogP contribution in [0, 0.1) is 6.92 Å². The molecule has 1 aromatic heterocycles. The van der Waals surface area contributed by atoms with Gasteiger partial charge in [-0.1, -0.05) is 12.1 Å². The largest absolute Gasteiger partial charge is 0.478 e.